The fourth-order valence-corrected chi connectivity index (χ4v) is 4.55. The van der Waals surface area contributed by atoms with Crippen molar-refractivity contribution in [2.24, 2.45) is 5.92 Å². The highest BCUT2D eigenvalue weighted by molar-refractivity contribution is 6.02. The van der Waals surface area contributed by atoms with Crippen LogP contribution in [0.15, 0.2) is 30.3 Å². The molecular formula is C25H34N2O6. The van der Waals surface area contributed by atoms with Crippen LogP contribution in [0.25, 0.3) is 0 Å². The van der Waals surface area contributed by atoms with Gasteiger partial charge in [-0.25, -0.2) is 4.79 Å². The molecule has 8 heteroatoms. The van der Waals surface area contributed by atoms with Gasteiger partial charge in [0.05, 0.1) is 12.0 Å². The zero-order valence-electron chi connectivity index (χ0n) is 19.4. The molecule has 0 aliphatic carbocycles. The predicted octanol–water partition coefficient (Wildman–Crippen LogP) is 1.78. The number of nitrogens with zero attached hydrogens (tertiary/aromatic N) is 1. The SMILES string of the molecule is CCCC1CC(O)CC(=O)C(C)C(=O)NC(Cc2ccccc2)C(=O)N2CCCC2C(=O)O1. The number of aliphatic hydroxyl groups is 1. The third-order valence-electron chi connectivity index (χ3n) is 6.45. The third kappa shape index (κ3) is 6.41. The molecule has 8 nitrogen and oxygen atoms in total. The fourth-order valence-electron chi connectivity index (χ4n) is 4.55. The molecule has 180 valence electrons. The molecule has 2 heterocycles. The number of cyclic esters (lactones) is 1. The van der Waals surface area contributed by atoms with Gasteiger partial charge < -0.3 is 20.1 Å². The van der Waals surface area contributed by atoms with Crippen LogP contribution in [0.4, 0.5) is 0 Å². The summed E-state index contributed by atoms with van der Waals surface area (Å²) in [7, 11) is 0. The van der Waals surface area contributed by atoms with Crippen LogP contribution in [0.1, 0.15) is 57.9 Å². The molecule has 3 rings (SSSR count). The maximum atomic E-state index is 13.5. The van der Waals surface area contributed by atoms with E-state index in [9.17, 15) is 24.3 Å². The number of benzene rings is 1. The zero-order chi connectivity index (χ0) is 24.0. The third-order valence-corrected chi connectivity index (χ3v) is 6.45. The molecule has 33 heavy (non-hydrogen) atoms. The number of ether oxygens (including phenoxy) is 1. The second-order valence-corrected chi connectivity index (χ2v) is 9.07. The summed E-state index contributed by atoms with van der Waals surface area (Å²) in [6, 6.07) is 7.66. The Kier molecular flexibility index (Phi) is 8.61. The first-order valence-corrected chi connectivity index (χ1v) is 11.9. The van der Waals surface area contributed by atoms with Crippen molar-refractivity contribution in [2.45, 2.75) is 83.1 Å². The van der Waals surface area contributed by atoms with Crippen LogP contribution in [0.2, 0.25) is 0 Å². The number of Topliss-reactive ketones (excluding diaryl/α,β-unsaturated/α-hetero) is 1. The van der Waals surface area contributed by atoms with Crippen LogP contribution in [0.3, 0.4) is 0 Å². The van der Waals surface area contributed by atoms with E-state index in [0.29, 0.717) is 25.8 Å². The molecule has 2 aliphatic heterocycles. The summed E-state index contributed by atoms with van der Waals surface area (Å²) in [5.41, 5.74) is 0.855. The van der Waals surface area contributed by atoms with Gasteiger partial charge >= 0.3 is 5.97 Å². The van der Waals surface area contributed by atoms with Crippen molar-refractivity contribution < 1.29 is 29.0 Å². The maximum absolute atomic E-state index is 13.5. The summed E-state index contributed by atoms with van der Waals surface area (Å²) >= 11 is 0. The molecule has 5 atom stereocenters. The summed E-state index contributed by atoms with van der Waals surface area (Å²) in [4.78, 5) is 53.5. The fraction of sp³-hybridized carbons (Fsp3) is 0.600. The van der Waals surface area contributed by atoms with E-state index >= 15 is 0 Å². The van der Waals surface area contributed by atoms with E-state index in [4.69, 9.17) is 4.74 Å². The average molecular weight is 459 g/mol. The minimum atomic E-state index is -1.01. The van der Waals surface area contributed by atoms with Crippen LogP contribution in [-0.4, -0.2) is 64.4 Å². The summed E-state index contributed by atoms with van der Waals surface area (Å²) in [5, 5.41) is 13.2. The Hall–Kier alpha value is -2.74. The first kappa shape index (κ1) is 24.9. The van der Waals surface area contributed by atoms with Gasteiger partial charge in [0.2, 0.25) is 11.8 Å². The molecule has 0 saturated carbocycles. The number of hydrogen-bond acceptors (Lipinski definition) is 6. The standard InChI is InChI=1S/C25H34N2O6/c1-3-8-19-14-18(28)15-22(29)16(2)23(30)26-20(13-17-9-5-4-6-10-17)24(31)27-12-7-11-21(27)25(32)33-19/h4-6,9-10,16,18-21,28H,3,7-8,11-15H2,1-2H3,(H,26,30). The van der Waals surface area contributed by atoms with Gasteiger partial charge in [0.15, 0.2) is 0 Å². The van der Waals surface area contributed by atoms with Crippen molar-refractivity contribution in [3.63, 3.8) is 0 Å². The van der Waals surface area contributed by atoms with Crippen molar-refractivity contribution in [1.82, 2.24) is 10.2 Å². The summed E-state index contributed by atoms with van der Waals surface area (Å²) < 4.78 is 5.71. The van der Waals surface area contributed by atoms with Crippen molar-refractivity contribution in [3.8, 4) is 0 Å². The van der Waals surface area contributed by atoms with Crippen molar-refractivity contribution in [2.75, 3.05) is 6.54 Å². The quantitative estimate of drug-likeness (QED) is 0.525. The monoisotopic (exact) mass is 458 g/mol. The van der Waals surface area contributed by atoms with Gasteiger partial charge in [0, 0.05) is 25.8 Å². The highest BCUT2D eigenvalue weighted by Gasteiger charge is 2.40. The number of carbonyl (C=O) groups is 4. The molecule has 0 bridgehead atoms. The Morgan fingerprint density at radius 3 is 2.58 bits per heavy atom. The number of hydrogen-bond donors (Lipinski definition) is 2. The molecule has 2 aliphatic rings. The minimum Gasteiger partial charge on any atom is -0.461 e. The Balaban J connectivity index is 1.91. The largest absolute Gasteiger partial charge is 0.461 e. The number of amides is 2. The predicted molar refractivity (Wildman–Crippen MR) is 121 cm³/mol. The lowest BCUT2D eigenvalue weighted by atomic mass is 9.95. The molecule has 2 saturated heterocycles. The second-order valence-electron chi connectivity index (χ2n) is 9.07. The van der Waals surface area contributed by atoms with E-state index in [2.05, 4.69) is 5.32 Å². The van der Waals surface area contributed by atoms with E-state index in [0.717, 1.165) is 12.0 Å². The molecule has 1 aromatic rings. The molecule has 2 N–H and O–H groups in total. The number of nitrogens with one attached hydrogen (secondary N) is 1. The highest BCUT2D eigenvalue weighted by Crippen LogP contribution is 2.24. The molecule has 2 fully saturated rings. The van der Waals surface area contributed by atoms with E-state index in [1.165, 1.54) is 11.8 Å². The van der Waals surface area contributed by atoms with Crippen LogP contribution in [-0.2, 0) is 30.3 Å². The summed E-state index contributed by atoms with van der Waals surface area (Å²) in [6.45, 7) is 3.83. The number of rotatable bonds is 4. The lowest BCUT2D eigenvalue weighted by Gasteiger charge is -2.31. The van der Waals surface area contributed by atoms with Crippen molar-refractivity contribution in [3.05, 3.63) is 35.9 Å². The second kappa shape index (κ2) is 11.4. The lowest BCUT2D eigenvalue weighted by Crippen LogP contribution is -2.54. The van der Waals surface area contributed by atoms with Crippen LogP contribution in [0.5, 0.6) is 0 Å². The lowest BCUT2D eigenvalue weighted by molar-refractivity contribution is -0.160. The number of fused-ring (bicyclic) bond motifs is 1. The van der Waals surface area contributed by atoms with Crippen LogP contribution >= 0.6 is 0 Å². The van der Waals surface area contributed by atoms with Gasteiger partial charge in [-0.05, 0) is 31.7 Å². The first-order chi connectivity index (χ1) is 15.8. The Morgan fingerprint density at radius 2 is 1.88 bits per heavy atom. The van der Waals surface area contributed by atoms with Crippen LogP contribution in [0, 0.1) is 5.92 Å². The molecule has 2 amide bonds. The van der Waals surface area contributed by atoms with Gasteiger partial charge in [0.25, 0.3) is 0 Å². The highest BCUT2D eigenvalue weighted by atomic mass is 16.5. The van der Waals surface area contributed by atoms with Gasteiger partial charge in [0.1, 0.15) is 24.0 Å². The maximum Gasteiger partial charge on any atom is 0.329 e. The van der Waals surface area contributed by atoms with Gasteiger partial charge in [-0.1, -0.05) is 43.7 Å². The van der Waals surface area contributed by atoms with E-state index < -0.39 is 47.9 Å². The zero-order valence-corrected chi connectivity index (χ0v) is 19.4. The number of esters is 1. The smallest absolute Gasteiger partial charge is 0.329 e. The summed E-state index contributed by atoms with van der Waals surface area (Å²) in [5.74, 6) is -2.82. The first-order valence-electron chi connectivity index (χ1n) is 11.9. The molecular weight excluding hydrogens is 424 g/mol. The van der Waals surface area contributed by atoms with E-state index in [1.54, 1.807) is 0 Å². The Labute approximate surface area is 194 Å². The van der Waals surface area contributed by atoms with E-state index in [1.807, 2.05) is 37.3 Å². The summed E-state index contributed by atoms with van der Waals surface area (Å²) in [6.07, 6.45) is 1.03. The molecule has 1 aromatic carbocycles. The Bertz CT molecular complexity index is 858. The van der Waals surface area contributed by atoms with Gasteiger partial charge in [-0.2, -0.15) is 0 Å². The minimum absolute atomic E-state index is 0.122. The topological polar surface area (TPSA) is 113 Å². The molecule has 5 unspecified atom stereocenters. The molecule has 0 aromatic heterocycles. The van der Waals surface area contributed by atoms with Crippen molar-refractivity contribution in [1.29, 1.82) is 0 Å². The number of ketones is 1. The number of carbonyl (C=O) groups excluding carboxylic acids is 4. The molecule has 0 spiro atoms. The van der Waals surface area contributed by atoms with Gasteiger partial charge in [-0.15, -0.1) is 0 Å². The number of aliphatic hydroxyl groups excluding tert-OH is 1. The Morgan fingerprint density at radius 1 is 1.15 bits per heavy atom. The average Bonchev–Trinajstić information content (AvgIpc) is 3.27. The van der Waals surface area contributed by atoms with Crippen molar-refractivity contribution >= 4 is 23.6 Å². The van der Waals surface area contributed by atoms with Gasteiger partial charge in [-0.3, -0.25) is 14.4 Å². The van der Waals surface area contributed by atoms with Crippen LogP contribution < -0.4 is 5.32 Å². The van der Waals surface area contributed by atoms with E-state index in [-0.39, 0.29) is 25.2 Å². The molecule has 0 radical (unpaired) electrons. The normalized spacial score (nSPS) is 29.8.